The number of nitrogens with two attached hydrogens (primary N) is 1. The zero-order valence-electron chi connectivity index (χ0n) is 6.87. The highest BCUT2D eigenvalue weighted by molar-refractivity contribution is 9.10. The van der Waals surface area contributed by atoms with Crippen LogP contribution in [0.4, 0.5) is 0 Å². The first kappa shape index (κ1) is 9.85. The zero-order valence-corrected chi connectivity index (χ0v) is 8.46. The van der Waals surface area contributed by atoms with Gasteiger partial charge in [0.2, 0.25) is 0 Å². The lowest BCUT2D eigenvalue weighted by molar-refractivity contribution is 0.0997. The summed E-state index contributed by atoms with van der Waals surface area (Å²) in [5.74, 6) is -0.732. The van der Waals surface area contributed by atoms with Gasteiger partial charge in [-0.25, -0.2) is 0 Å². The summed E-state index contributed by atoms with van der Waals surface area (Å²) in [6, 6.07) is 3.00. The Morgan fingerprint density at radius 2 is 2.23 bits per heavy atom. The zero-order chi connectivity index (χ0) is 10.0. The van der Waals surface area contributed by atoms with Gasteiger partial charge in [0, 0.05) is 0 Å². The molecule has 0 atom stereocenters. The molecule has 0 saturated heterocycles. The first-order valence-corrected chi connectivity index (χ1v) is 4.22. The third kappa shape index (κ3) is 1.75. The Hall–Kier alpha value is -1.23. The molecular weight excluding hydrogens is 238 g/mol. The van der Waals surface area contributed by atoms with Crippen molar-refractivity contribution in [3.05, 3.63) is 22.2 Å². The number of rotatable bonds is 2. The van der Waals surface area contributed by atoms with E-state index in [1.54, 1.807) is 6.07 Å². The smallest absolute Gasteiger partial charge is 0.252 e. The quantitative estimate of drug-likeness (QED) is 0.825. The maximum absolute atomic E-state index is 10.8. The second-order valence-corrected chi connectivity index (χ2v) is 3.20. The maximum Gasteiger partial charge on any atom is 0.252 e. The molecule has 0 aliphatic heterocycles. The average molecular weight is 246 g/mol. The number of benzene rings is 1. The SMILES string of the molecule is COc1c(Br)ccc(C(N)=O)c1O. The summed E-state index contributed by atoms with van der Waals surface area (Å²) in [6.45, 7) is 0. The molecule has 5 heteroatoms. The van der Waals surface area contributed by atoms with Crippen molar-refractivity contribution in [3.8, 4) is 11.5 Å². The molecule has 3 N–H and O–H groups in total. The lowest BCUT2D eigenvalue weighted by Gasteiger charge is -2.07. The predicted molar refractivity (Wildman–Crippen MR) is 50.9 cm³/mol. The van der Waals surface area contributed by atoms with Gasteiger partial charge in [-0.05, 0) is 28.1 Å². The number of primary amides is 1. The van der Waals surface area contributed by atoms with Crippen molar-refractivity contribution < 1.29 is 14.6 Å². The molecule has 1 aromatic rings. The number of halogens is 1. The number of hydrogen-bond acceptors (Lipinski definition) is 3. The number of methoxy groups -OCH3 is 1. The van der Waals surface area contributed by atoms with E-state index in [1.165, 1.54) is 13.2 Å². The summed E-state index contributed by atoms with van der Waals surface area (Å²) >= 11 is 3.15. The Labute approximate surface area is 83.4 Å². The van der Waals surface area contributed by atoms with Crippen LogP contribution in [0, 0.1) is 0 Å². The molecule has 0 aliphatic rings. The molecule has 0 saturated carbocycles. The van der Waals surface area contributed by atoms with Gasteiger partial charge in [0.15, 0.2) is 11.5 Å². The topological polar surface area (TPSA) is 72.5 Å². The van der Waals surface area contributed by atoms with Crippen molar-refractivity contribution >= 4 is 21.8 Å². The van der Waals surface area contributed by atoms with Crippen LogP contribution in [0.5, 0.6) is 11.5 Å². The molecule has 0 fully saturated rings. The van der Waals surface area contributed by atoms with Crippen molar-refractivity contribution in [2.45, 2.75) is 0 Å². The number of hydrogen-bond donors (Lipinski definition) is 2. The van der Waals surface area contributed by atoms with Gasteiger partial charge in [0.05, 0.1) is 17.1 Å². The fourth-order valence-corrected chi connectivity index (χ4v) is 1.42. The first-order chi connectivity index (χ1) is 6.07. The molecule has 1 aromatic carbocycles. The Bertz CT molecular complexity index is 351. The molecular formula is C8H8BrNO3. The minimum Gasteiger partial charge on any atom is -0.504 e. The summed E-state index contributed by atoms with van der Waals surface area (Å²) in [6.07, 6.45) is 0. The standard InChI is InChI=1S/C8H8BrNO3/c1-13-7-5(9)3-2-4(6(7)11)8(10)12/h2-3,11H,1H3,(H2,10,12). The summed E-state index contributed by atoms with van der Waals surface area (Å²) in [5.41, 5.74) is 5.06. The average Bonchev–Trinajstić information content (AvgIpc) is 2.04. The van der Waals surface area contributed by atoms with Crippen molar-refractivity contribution in [3.63, 3.8) is 0 Å². The Balaban J connectivity index is 3.35. The number of amides is 1. The van der Waals surface area contributed by atoms with Gasteiger partial charge < -0.3 is 15.6 Å². The molecule has 13 heavy (non-hydrogen) atoms. The van der Waals surface area contributed by atoms with Gasteiger partial charge in [-0.2, -0.15) is 0 Å². The molecule has 70 valence electrons. The fraction of sp³-hybridized carbons (Fsp3) is 0.125. The van der Waals surface area contributed by atoms with Gasteiger partial charge in [0.1, 0.15) is 0 Å². The molecule has 1 rings (SSSR count). The van der Waals surface area contributed by atoms with E-state index in [1.807, 2.05) is 0 Å². The molecule has 0 spiro atoms. The Morgan fingerprint density at radius 3 is 2.69 bits per heavy atom. The lowest BCUT2D eigenvalue weighted by Crippen LogP contribution is -2.11. The molecule has 0 bridgehead atoms. The third-order valence-electron chi connectivity index (χ3n) is 1.55. The normalized spacial score (nSPS) is 9.69. The van der Waals surface area contributed by atoms with Crippen LogP contribution in [0.1, 0.15) is 10.4 Å². The van der Waals surface area contributed by atoms with Crippen LogP contribution < -0.4 is 10.5 Å². The first-order valence-electron chi connectivity index (χ1n) is 3.43. The minimum absolute atomic E-state index is 0.0417. The van der Waals surface area contributed by atoms with Gasteiger partial charge in [0.25, 0.3) is 5.91 Å². The van der Waals surface area contributed by atoms with E-state index in [-0.39, 0.29) is 17.1 Å². The van der Waals surface area contributed by atoms with Crippen LogP contribution in [0.15, 0.2) is 16.6 Å². The molecule has 0 aromatic heterocycles. The van der Waals surface area contributed by atoms with E-state index in [9.17, 15) is 9.90 Å². The van der Waals surface area contributed by atoms with Crippen molar-refractivity contribution in [2.24, 2.45) is 5.73 Å². The Morgan fingerprint density at radius 1 is 1.62 bits per heavy atom. The summed E-state index contributed by atoms with van der Waals surface area (Å²) < 4.78 is 5.43. The van der Waals surface area contributed by atoms with Gasteiger partial charge in [-0.15, -0.1) is 0 Å². The highest BCUT2D eigenvalue weighted by atomic mass is 79.9. The number of ether oxygens (including phenoxy) is 1. The van der Waals surface area contributed by atoms with Gasteiger partial charge >= 0.3 is 0 Å². The summed E-state index contributed by atoms with van der Waals surface area (Å²) in [4.78, 5) is 10.8. The monoisotopic (exact) mass is 245 g/mol. The van der Waals surface area contributed by atoms with E-state index < -0.39 is 5.91 Å². The van der Waals surface area contributed by atoms with E-state index in [0.29, 0.717) is 4.47 Å². The van der Waals surface area contributed by atoms with Crippen LogP contribution in [0.25, 0.3) is 0 Å². The number of carbonyl (C=O) groups excluding carboxylic acids is 1. The molecule has 0 radical (unpaired) electrons. The third-order valence-corrected chi connectivity index (χ3v) is 2.18. The highest BCUT2D eigenvalue weighted by Gasteiger charge is 2.14. The molecule has 1 amide bonds. The second kappa shape index (κ2) is 3.66. The largest absolute Gasteiger partial charge is 0.504 e. The van der Waals surface area contributed by atoms with E-state index in [4.69, 9.17) is 10.5 Å². The second-order valence-electron chi connectivity index (χ2n) is 2.34. The Kier molecular flexibility index (Phi) is 2.77. The molecule has 0 unspecified atom stereocenters. The van der Waals surface area contributed by atoms with Crippen LogP contribution in [-0.4, -0.2) is 18.1 Å². The van der Waals surface area contributed by atoms with Crippen molar-refractivity contribution in [1.82, 2.24) is 0 Å². The van der Waals surface area contributed by atoms with Crippen molar-refractivity contribution in [2.75, 3.05) is 7.11 Å². The van der Waals surface area contributed by atoms with E-state index >= 15 is 0 Å². The molecule has 0 aliphatic carbocycles. The molecule has 4 nitrogen and oxygen atoms in total. The van der Waals surface area contributed by atoms with Crippen LogP contribution in [0.2, 0.25) is 0 Å². The predicted octanol–water partition coefficient (Wildman–Crippen LogP) is 1.26. The summed E-state index contributed by atoms with van der Waals surface area (Å²) in [5, 5.41) is 9.48. The highest BCUT2D eigenvalue weighted by Crippen LogP contribution is 2.36. The fourth-order valence-electron chi connectivity index (χ4n) is 0.940. The summed E-state index contributed by atoms with van der Waals surface area (Å²) in [7, 11) is 1.39. The maximum atomic E-state index is 10.8. The number of phenols is 1. The van der Waals surface area contributed by atoms with Gasteiger partial charge in [-0.1, -0.05) is 0 Å². The minimum atomic E-state index is -0.691. The van der Waals surface area contributed by atoms with E-state index in [0.717, 1.165) is 0 Å². The van der Waals surface area contributed by atoms with Crippen molar-refractivity contribution in [1.29, 1.82) is 0 Å². The lowest BCUT2D eigenvalue weighted by atomic mass is 10.2. The number of aromatic hydroxyl groups is 1. The number of carbonyl (C=O) groups is 1. The van der Waals surface area contributed by atoms with Crippen LogP contribution in [0.3, 0.4) is 0 Å². The van der Waals surface area contributed by atoms with Crippen LogP contribution in [-0.2, 0) is 0 Å². The van der Waals surface area contributed by atoms with Gasteiger partial charge in [-0.3, -0.25) is 4.79 Å². The van der Waals surface area contributed by atoms with E-state index in [2.05, 4.69) is 15.9 Å². The van der Waals surface area contributed by atoms with Crippen LogP contribution >= 0.6 is 15.9 Å². The molecule has 0 heterocycles.